The molecule has 2 aromatic carbocycles. The maximum Gasteiger partial charge on any atom is 0.262 e. The highest BCUT2D eigenvalue weighted by molar-refractivity contribution is 7.32. The summed E-state index contributed by atoms with van der Waals surface area (Å²) in [7, 11) is 0.887. The molecule has 0 spiro atoms. The summed E-state index contributed by atoms with van der Waals surface area (Å²) < 4.78 is 28.3. The molecule has 4 amide bonds. The van der Waals surface area contributed by atoms with Gasteiger partial charge in [-0.2, -0.15) is 17.5 Å². The van der Waals surface area contributed by atoms with Gasteiger partial charge in [0, 0.05) is 138 Å². The third kappa shape index (κ3) is 16.9. The molecule has 0 bridgehead atoms. The second-order valence-electron chi connectivity index (χ2n) is 43.6. The highest BCUT2D eigenvalue weighted by Crippen LogP contribution is 2.63. The zero-order valence-corrected chi connectivity index (χ0v) is 91.2. The number of hydrogen-bond donors (Lipinski definition) is 0. The van der Waals surface area contributed by atoms with E-state index in [9.17, 15) is 9.59 Å². The van der Waals surface area contributed by atoms with E-state index in [0.29, 0.717) is 102 Å². The Labute approximate surface area is 816 Å². The van der Waals surface area contributed by atoms with E-state index in [0.717, 1.165) is 100 Å². The van der Waals surface area contributed by atoms with Crippen molar-refractivity contribution in [2.75, 3.05) is 14.1 Å². The largest absolute Gasteiger partial charge is 0.481 e. The van der Waals surface area contributed by atoms with Crippen LogP contribution in [0, 0.1) is 46.3 Å². The first-order valence-electron chi connectivity index (χ1n) is 48.5. The molecule has 694 valence electrons. The molecule has 14 heterocycles. The van der Waals surface area contributed by atoms with Crippen molar-refractivity contribution in [2.45, 2.75) is 328 Å². The summed E-state index contributed by atoms with van der Waals surface area (Å²) in [6.45, 7) is 57.2. The zero-order valence-electron chi connectivity index (χ0n) is 82.0. The maximum absolute atomic E-state index is 15.3. The fourth-order valence-corrected chi connectivity index (χ4v) is 40.3. The molecule has 22 heteroatoms. The average molecular weight is 1950 g/mol. The van der Waals surface area contributed by atoms with E-state index < -0.39 is 24.5 Å². The lowest BCUT2D eigenvalue weighted by molar-refractivity contribution is 0.0322. The van der Waals surface area contributed by atoms with E-state index in [1.165, 1.54) is 156 Å². The van der Waals surface area contributed by atoms with Crippen LogP contribution < -0.4 is 15.1 Å². The van der Waals surface area contributed by atoms with Crippen molar-refractivity contribution in [3.05, 3.63) is 120 Å². The lowest BCUT2D eigenvalue weighted by atomic mass is 9.66. The third-order valence-corrected chi connectivity index (χ3v) is 50.2. The Morgan fingerprint density at radius 2 is 0.762 bits per heavy atom. The van der Waals surface area contributed by atoms with Crippen LogP contribution >= 0.6 is 114 Å². The second-order valence-corrected chi connectivity index (χ2v) is 57.3. The predicted octanol–water partition coefficient (Wildman–Crippen LogP) is 33.7. The molecule has 0 fully saturated rings. The standard InChI is InChI=1S/C108H138N6O5S10Si/c1-27-32-40-64(29-3)58-130(59-65(30-4)41-33-28-2)76-56-75(125-96(76)97-77(130)57-81(127-97)104(17,18)102(12,13)14)69-43-45-71(121-69)83-87-89(101(118)114(26)99(87)116)85(93-91(83)110-129-112-93)73-47-49-79(123-73)106(21,22)107(23,24)80-54-66-94(126-80)95-67(119-108(66,52-50-62(10)38-34-36-60(6)7)53-51-63(11)39-35-37-61(8)9)55-74(124-95)68-42-44-70(120-68)82-86-88(100(117)113(25)98(86)115)84(92-90(82)109-128-111-92)72-46-48-78(122-72)105(19,20)103(15,16)31-5/h42-49,54-57,60-65H,27-41,50-53,58-59H2,1-26H3. The van der Waals surface area contributed by atoms with Gasteiger partial charge in [0.1, 0.15) is 41.5 Å². The van der Waals surface area contributed by atoms with E-state index in [2.05, 4.69) is 250 Å². The van der Waals surface area contributed by atoms with Gasteiger partial charge < -0.3 is 4.74 Å². The van der Waals surface area contributed by atoms with Crippen LogP contribution in [0.4, 0.5) is 0 Å². The number of rotatable bonds is 39. The summed E-state index contributed by atoms with van der Waals surface area (Å²) in [5.74, 6) is 3.33. The molecule has 4 aliphatic rings. The number of imide groups is 2. The number of nitrogens with zero attached hydrogens (tertiary/aromatic N) is 6. The molecule has 4 unspecified atom stereocenters. The average Bonchev–Trinajstić information content (AvgIpc) is 1.53. The van der Waals surface area contributed by atoms with Gasteiger partial charge in [-0.3, -0.25) is 29.0 Å². The minimum Gasteiger partial charge on any atom is -0.481 e. The van der Waals surface area contributed by atoms with Crippen molar-refractivity contribution in [2.24, 2.45) is 46.3 Å². The lowest BCUT2D eigenvalue weighted by Gasteiger charge is -2.41. The van der Waals surface area contributed by atoms with Crippen molar-refractivity contribution in [3.8, 4) is 86.5 Å². The number of carbonyl (C=O) groups excluding carboxylic acids is 4. The van der Waals surface area contributed by atoms with Crippen LogP contribution in [0.3, 0.4) is 0 Å². The fourth-order valence-electron chi connectivity index (χ4n) is 20.8. The van der Waals surface area contributed by atoms with E-state index in [-0.39, 0.29) is 45.3 Å². The van der Waals surface area contributed by atoms with E-state index >= 15 is 9.59 Å². The number of hydrogen-bond acceptors (Lipinski definition) is 19. The van der Waals surface area contributed by atoms with Gasteiger partial charge in [0.2, 0.25) is 0 Å². The molecule has 0 radical (unpaired) electrons. The lowest BCUT2D eigenvalue weighted by Crippen LogP contribution is -2.57. The second kappa shape index (κ2) is 37.1. The van der Waals surface area contributed by atoms with Gasteiger partial charge in [-0.25, -0.2) is 0 Å². The fraction of sp³-hybridized carbons (Fsp3) is 0.556. The highest BCUT2D eigenvalue weighted by Gasteiger charge is 2.54. The molecule has 10 aromatic heterocycles. The molecule has 16 rings (SSSR count). The first kappa shape index (κ1) is 97.1. The molecule has 130 heavy (non-hydrogen) atoms. The SMILES string of the molecule is CCCCC(CC)C[Si]1(CC(CC)CCCC)c2cc(-c3ccc(-c4c5c(c(-c6ccc(C(C)(C)C(C)(C)c7cc8c(s7)-c7sc(-c9ccc(-c%10c%11c(c(-c%12ccc(C(C)(C)C(C)(C)CC)s%12)c%12nsnc%10%12)C(=O)N(C)C%11=O)s9)cc7OC8(CCC(C)CCCC(C)C)CCC(C)CCCC(C)C)s6)c6nsnc46)C(=O)N(C)C5=O)s3)sc2-c2sc(C(C)(C)C(C)(C)C)cc21. The molecule has 12 aromatic rings. The van der Waals surface area contributed by atoms with Crippen LogP contribution in [0.15, 0.2) is 72.8 Å². The molecule has 4 aliphatic heterocycles. The number of fused-ring (bicyclic) bond motifs is 10. The summed E-state index contributed by atoms with van der Waals surface area (Å²) in [6.07, 6.45) is 22.0. The molecule has 11 nitrogen and oxygen atoms in total. The predicted molar refractivity (Wildman–Crippen MR) is 568 cm³/mol. The Morgan fingerprint density at radius 1 is 0.377 bits per heavy atom. The Bertz CT molecular complexity index is 6210. The van der Waals surface area contributed by atoms with E-state index in [1.54, 1.807) is 81.2 Å². The summed E-state index contributed by atoms with van der Waals surface area (Å²) in [6, 6.07) is 30.4. The number of carbonyl (C=O) groups is 4. The van der Waals surface area contributed by atoms with Gasteiger partial charge in [0.15, 0.2) is 0 Å². The van der Waals surface area contributed by atoms with E-state index in [1.807, 2.05) is 22.7 Å². The van der Waals surface area contributed by atoms with Crippen molar-refractivity contribution < 1.29 is 23.9 Å². The summed E-state index contributed by atoms with van der Waals surface area (Å²) in [5, 5.41) is 3.39. The molecule has 0 saturated heterocycles. The van der Waals surface area contributed by atoms with Gasteiger partial charge in [-0.1, -0.05) is 262 Å². The van der Waals surface area contributed by atoms with Crippen molar-refractivity contribution in [1.29, 1.82) is 0 Å². The number of ether oxygens (including phenoxy) is 1. The first-order valence-corrected chi connectivity index (χ1v) is 58.9. The normalized spacial score (nSPS) is 17.7. The Balaban J connectivity index is 0.774. The molecule has 4 atom stereocenters. The van der Waals surface area contributed by atoms with Crippen LogP contribution in [0.1, 0.15) is 355 Å². The molecular formula is C108H138N6O5S10Si. The van der Waals surface area contributed by atoms with Gasteiger partial charge in [-0.15, -0.1) is 90.7 Å². The van der Waals surface area contributed by atoms with Crippen molar-refractivity contribution in [1.82, 2.24) is 27.3 Å². The third-order valence-electron chi connectivity index (χ3n) is 32.4. The quantitative estimate of drug-likeness (QED) is 0.0272. The van der Waals surface area contributed by atoms with Crippen molar-refractivity contribution >= 4 is 178 Å². The number of amides is 4. The number of benzene rings is 2. The Hall–Kier alpha value is -6.02. The number of aromatic nitrogens is 4. The van der Waals surface area contributed by atoms with Crippen LogP contribution in [-0.4, -0.2) is 73.1 Å². The van der Waals surface area contributed by atoms with Crippen LogP contribution in [0.25, 0.3) is 103 Å². The Kier molecular flexibility index (Phi) is 27.7. The number of unbranched alkanes of at least 4 members (excludes halogenated alkanes) is 2. The molecular weight excluding hydrogens is 1810 g/mol. The topological polar surface area (TPSA) is 136 Å². The minimum atomic E-state index is -2.35. The Morgan fingerprint density at radius 3 is 1.19 bits per heavy atom. The van der Waals surface area contributed by atoms with Gasteiger partial charge in [-0.05, 0) is 161 Å². The van der Waals surface area contributed by atoms with Crippen LogP contribution in [-0.2, 0) is 27.3 Å². The summed E-state index contributed by atoms with van der Waals surface area (Å²) >= 11 is 16.9. The monoisotopic (exact) mass is 1950 g/mol. The van der Waals surface area contributed by atoms with Crippen molar-refractivity contribution in [3.63, 3.8) is 0 Å². The smallest absolute Gasteiger partial charge is 0.262 e. The molecule has 0 N–H and O–H groups in total. The van der Waals surface area contributed by atoms with Gasteiger partial charge in [0.05, 0.1) is 55.5 Å². The van der Waals surface area contributed by atoms with E-state index in [4.69, 9.17) is 22.2 Å². The molecule has 0 aliphatic carbocycles. The van der Waals surface area contributed by atoms with Crippen LogP contribution in [0.5, 0.6) is 5.75 Å². The van der Waals surface area contributed by atoms with Gasteiger partial charge in [0.25, 0.3) is 23.6 Å². The van der Waals surface area contributed by atoms with Gasteiger partial charge >= 0.3 is 0 Å². The first-order chi connectivity index (χ1) is 61.5. The zero-order chi connectivity index (χ0) is 93.3. The summed E-state index contributed by atoms with van der Waals surface area (Å²) in [4.78, 5) is 81.7. The van der Waals surface area contributed by atoms with Crippen LogP contribution in [0.2, 0.25) is 12.1 Å². The highest BCUT2D eigenvalue weighted by atomic mass is 32.1. The maximum atomic E-state index is 15.3. The summed E-state index contributed by atoms with van der Waals surface area (Å²) in [5.41, 5.74) is 6.62. The minimum absolute atomic E-state index is 0.00267. The molecule has 0 saturated carbocycles. The number of thiophene rings is 8.